The van der Waals surface area contributed by atoms with Crippen molar-refractivity contribution in [2.24, 2.45) is 5.73 Å². The molecule has 0 aromatic heterocycles. The van der Waals surface area contributed by atoms with Crippen LogP contribution in [0.15, 0.2) is 24.3 Å². The van der Waals surface area contributed by atoms with E-state index in [2.05, 4.69) is 0 Å². The third kappa shape index (κ3) is 5.59. The monoisotopic (exact) mass is 395 g/mol. The molecule has 0 unspecified atom stereocenters. The molecule has 1 saturated heterocycles. The van der Waals surface area contributed by atoms with E-state index < -0.39 is 11.1 Å². The van der Waals surface area contributed by atoms with Crippen molar-refractivity contribution in [3.05, 3.63) is 34.9 Å². The molecule has 1 aromatic carbocycles. The summed E-state index contributed by atoms with van der Waals surface area (Å²) in [6.07, 6.45) is 1.84. The Morgan fingerprint density at radius 2 is 1.93 bits per heavy atom. The molecule has 27 heavy (non-hydrogen) atoms. The average molecular weight is 396 g/mol. The summed E-state index contributed by atoms with van der Waals surface area (Å²) in [6.45, 7) is 6.50. The van der Waals surface area contributed by atoms with Crippen molar-refractivity contribution in [2.75, 3.05) is 26.7 Å². The van der Waals surface area contributed by atoms with Crippen LogP contribution in [0.2, 0.25) is 5.02 Å². The van der Waals surface area contributed by atoms with Gasteiger partial charge in [-0.05, 0) is 57.7 Å². The maximum atomic E-state index is 12.6. The van der Waals surface area contributed by atoms with E-state index in [1.807, 2.05) is 45.0 Å². The van der Waals surface area contributed by atoms with Crippen LogP contribution >= 0.6 is 11.6 Å². The molecule has 0 spiro atoms. The van der Waals surface area contributed by atoms with Crippen LogP contribution in [0.3, 0.4) is 0 Å². The van der Waals surface area contributed by atoms with E-state index in [4.69, 9.17) is 22.1 Å². The highest BCUT2D eigenvalue weighted by atomic mass is 35.5. The molecule has 1 fully saturated rings. The molecule has 0 saturated carbocycles. The molecule has 6 nitrogen and oxygen atoms in total. The van der Waals surface area contributed by atoms with Crippen molar-refractivity contribution in [2.45, 2.75) is 51.2 Å². The molecule has 1 atom stereocenters. The summed E-state index contributed by atoms with van der Waals surface area (Å²) in [4.78, 5) is 28.4. The Morgan fingerprint density at radius 3 is 2.48 bits per heavy atom. The molecule has 2 rings (SSSR count). The summed E-state index contributed by atoms with van der Waals surface area (Å²) in [6, 6.07) is 7.59. The van der Waals surface area contributed by atoms with Crippen molar-refractivity contribution in [1.82, 2.24) is 9.80 Å². The fraction of sp³-hybridized carbons (Fsp3) is 0.600. The minimum Gasteiger partial charge on any atom is -0.444 e. The van der Waals surface area contributed by atoms with Gasteiger partial charge >= 0.3 is 6.09 Å². The number of benzene rings is 1. The largest absolute Gasteiger partial charge is 0.444 e. The molecular formula is C20H30ClN3O3. The number of ether oxygens (including phenoxy) is 1. The van der Waals surface area contributed by atoms with E-state index in [0.717, 1.165) is 18.4 Å². The first-order chi connectivity index (χ1) is 12.6. The Hall–Kier alpha value is -1.79. The number of nitrogens with zero attached hydrogens (tertiary/aromatic N) is 2. The lowest BCUT2D eigenvalue weighted by Gasteiger charge is -2.48. The standard InChI is InChI=1S/C20H30ClN3O3/c1-19(2,3)27-18(26)24-11-5-10-20(14-24,23(4)17(25)13-22)12-15-6-8-16(21)9-7-15/h6-9H,5,10-14,22H2,1-4H3/t20-/m1/s1. The van der Waals surface area contributed by atoms with Gasteiger partial charge in [0.25, 0.3) is 0 Å². The summed E-state index contributed by atoms with van der Waals surface area (Å²) < 4.78 is 5.54. The average Bonchev–Trinajstić information content (AvgIpc) is 2.61. The highest BCUT2D eigenvalue weighted by Crippen LogP contribution is 2.32. The Morgan fingerprint density at radius 1 is 1.30 bits per heavy atom. The lowest BCUT2D eigenvalue weighted by atomic mass is 9.81. The second kappa shape index (κ2) is 8.48. The molecule has 7 heteroatoms. The number of carbonyl (C=O) groups excluding carboxylic acids is 2. The van der Waals surface area contributed by atoms with Crippen molar-refractivity contribution in [3.8, 4) is 0 Å². The van der Waals surface area contributed by atoms with Crippen LogP contribution in [0, 0.1) is 0 Å². The predicted octanol–water partition coefficient (Wildman–Crippen LogP) is 3.07. The van der Waals surface area contributed by atoms with E-state index in [1.165, 1.54) is 0 Å². The molecule has 0 radical (unpaired) electrons. The van der Waals surface area contributed by atoms with Crippen LogP contribution in [0.25, 0.3) is 0 Å². The third-order valence-corrected chi connectivity index (χ3v) is 5.17. The van der Waals surface area contributed by atoms with E-state index in [-0.39, 0.29) is 18.5 Å². The van der Waals surface area contributed by atoms with Gasteiger partial charge < -0.3 is 20.3 Å². The molecular weight excluding hydrogens is 366 g/mol. The third-order valence-electron chi connectivity index (χ3n) is 4.91. The quantitative estimate of drug-likeness (QED) is 0.849. The van der Waals surface area contributed by atoms with Crippen LogP contribution in [-0.2, 0) is 16.0 Å². The number of likely N-dealkylation sites (tertiary alicyclic amines) is 1. The van der Waals surface area contributed by atoms with Gasteiger partial charge in [-0.3, -0.25) is 4.79 Å². The minimum atomic E-state index is -0.563. The smallest absolute Gasteiger partial charge is 0.410 e. The lowest BCUT2D eigenvalue weighted by molar-refractivity contribution is -0.136. The number of halogens is 1. The van der Waals surface area contributed by atoms with Gasteiger partial charge in [-0.1, -0.05) is 23.7 Å². The van der Waals surface area contributed by atoms with E-state index in [1.54, 1.807) is 16.8 Å². The Kier molecular flexibility index (Phi) is 6.76. The molecule has 1 heterocycles. The second-order valence-electron chi connectivity index (χ2n) is 8.19. The molecule has 150 valence electrons. The number of hydrogen-bond donors (Lipinski definition) is 1. The summed E-state index contributed by atoms with van der Waals surface area (Å²) >= 11 is 6.00. The molecule has 2 amide bonds. The van der Waals surface area contributed by atoms with Gasteiger partial charge in [0.15, 0.2) is 0 Å². The van der Waals surface area contributed by atoms with Crippen LogP contribution in [0.1, 0.15) is 39.2 Å². The van der Waals surface area contributed by atoms with Gasteiger partial charge in [-0.15, -0.1) is 0 Å². The first-order valence-corrected chi connectivity index (χ1v) is 9.63. The van der Waals surface area contributed by atoms with Crippen molar-refractivity contribution in [1.29, 1.82) is 0 Å². The molecule has 0 bridgehead atoms. The maximum Gasteiger partial charge on any atom is 0.410 e. The van der Waals surface area contributed by atoms with Gasteiger partial charge in [-0.2, -0.15) is 0 Å². The maximum absolute atomic E-state index is 12.6. The zero-order chi connectivity index (χ0) is 20.2. The Bertz CT molecular complexity index is 672. The van der Waals surface area contributed by atoms with Crippen LogP contribution in [0.5, 0.6) is 0 Å². The Labute approximate surface area is 166 Å². The molecule has 1 aromatic rings. The number of hydrogen-bond acceptors (Lipinski definition) is 4. The van der Waals surface area contributed by atoms with Crippen molar-refractivity contribution < 1.29 is 14.3 Å². The van der Waals surface area contributed by atoms with E-state index >= 15 is 0 Å². The fourth-order valence-corrected chi connectivity index (χ4v) is 3.64. The number of nitrogens with two attached hydrogens (primary N) is 1. The van der Waals surface area contributed by atoms with Crippen LogP contribution < -0.4 is 5.73 Å². The SMILES string of the molecule is CN(C(=O)CN)[C@@]1(Cc2ccc(Cl)cc2)CCCN(C(=O)OC(C)(C)C)C1. The van der Waals surface area contributed by atoms with E-state index in [0.29, 0.717) is 24.5 Å². The fourth-order valence-electron chi connectivity index (χ4n) is 3.52. The summed E-state index contributed by atoms with van der Waals surface area (Å²) in [5.74, 6) is -0.144. The van der Waals surface area contributed by atoms with Crippen LogP contribution in [0.4, 0.5) is 4.79 Å². The summed E-state index contributed by atoms with van der Waals surface area (Å²) in [5.41, 5.74) is 5.58. The number of amides is 2. The summed E-state index contributed by atoms with van der Waals surface area (Å²) in [7, 11) is 1.77. The first-order valence-electron chi connectivity index (χ1n) is 9.25. The number of carbonyl (C=O) groups is 2. The zero-order valence-electron chi connectivity index (χ0n) is 16.6. The van der Waals surface area contributed by atoms with E-state index in [9.17, 15) is 9.59 Å². The van der Waals surface area contributed by atoms with Gasteiger partial charge in [0.1, 0.15) is 5.60 Å². The summed E-state index contributed by atoms with van der Waals surface area (Å²) in [5, 5.41) is 0.665. The molecule has 1 aliphatic heterocycles. The Balaban J connectivity index is 2.29. The molecule has 1 aliphatic rings. The minimum absolute atomic E-state index is 0.0642. The molecule has 0 aliphatic carbocycles. The van der Waals surface area contributed by atoms with Gasteiger partial charge in [0.05, 0.1) is 12.1 Å². The topological polar surface area (TPSA) is 75.9 Å². The van der Waals surface area contributed by atoms with Crippen molar-refractivity contribution >= 4 is 23.6 Å². The number of rotatable bonds is 4. The van der Waals surface area contributed by atoms with Crippen LogP contribution in [-0.4, -0.2) is 59.6 Å². The second-order valence-corrected chi connectivity index (χ2v) is 8.63. The number of piperidine rings is 1. The highest BCUT2D eigenvalue weighted by Gasteiger charge is 2.43. The van der Waals surface area contributed by atoms with Crippen molar-refractivity contribution in [3.63, 3.8) is 0 Å². The van der Waals surface area contributed by atoms with Gasteiger partial charge in [0, 0.05) is 25.2 Å². The number of likely N-dealkylation sites (N-methyl/N-ethyl adjacent to an activating group) is 1. The van der Waals surface area contributed by atoms with Gasteiger partial charge in [-0.25, -0.2) is 4.79 Å². The zero-order valence-corrected chi connectivity index (χ0v) is 17.4. The van der Waals surface area contributed by atoms with Gasteiger partial charge in [0.2, 0.25) is 5.91 Å². The highest BCUT2D eigenvalue weighted by molar-refractivity contribution is 6.30. The lowest BCUT2D eigenvalue weighted by Crippen LogP contribution is -2.62. The normalized spacial score (nSPS) is 20.3. The first kappa shape index (κ1) is 21.5. The predicted molar refractivity (Wildman–Crippen MR) is 107 cm³/mol. The molecule has 2 N–H and O–H groups in total.